The highest BCUT2D eigenvalue weighted by Gasteiger charge is 2.23. The van der Waals surface area contributed by atoms with Gasteiger partial charge in [-0.1, -0.05) is 6.07 Å². The van der Waals surface area contributed by atoms with Crippen molar-refractivity contribution in [2.24, 2.45) is 7.05 Å². The summed E-state index contributed by atoms with van der Waals surface area (Å²) in [6, 6.07) is 8.10. The van der Waals surface area contributed by atoms with Crippen molar-refractivity contribution in [1.29, 1.82) is 0 Å². The van der Waals surface area contributed by atoms with E-state index in [2.05, 4.69) is 4.98 Å². The van der Waals surface area contributed by atoms with Gasteiger partial charge in [0.15, 0.2) is 0 Å². The predicted octanol–water partition coefficient (Wildman–Crippen LogP) is 3.17. The molecule has 106 valence electrons. The molecule has 5 heteroatoms. The number of fused-ring (bicyclic) bond motifs is 1. The number of esters is 1. The van der Waals surface area contributed by atoms with E-state index >= 15 is 0 Å². The topological polar surface area (TPSA) is 44.1 Å². The number of halogens is 1. The van der Waals surface area contributed by atoms with Crippen LogP contribution in [-0.4, -0.2) is 22.6 Å². The molecule has 0 unspecified atom stereocenters. The van der Waals surface area contributed by atoms with Crippen LogP contribution in [0.1, 0.15) is 10.5 Å². The molecule has 4 nitrogen and oxygen atoms in total. The SMILES string of the molecule is COC(=O)c1c(-c2cccnc2)c2ccc(F)cc2n1C. The average molecular weight is 284 g/mol. The van der Waals surface area contributed by atoms with Crippen LogP contribution in [0.3, 0.4) is 0 Å². The number of pyridine rings is 1. The molecule has 1 aromatic carbocycles. The summed E-state index contributed by atoms with van der Waals surface area (Å²) >= 11 is 0. The monoisotopic (exact) mass is 284 g/mol. The lowest BCUT2D eigenvalue weighted by Crippen LogP contribution is -2.08. The Morgan fingerprint density at radius 3 is 2.81 bits per heavy atom. The third-order valence-corrected chi connectivity index (χ3v) is 3.49. The first-order chi connectivity index (χ1) is 10.1. The normalized spacial score (nSPS) is 10.8. The highest BCUT2D eigenvalue weighted by Crippen LogP contribution is 2.34. The summed E-state index contributed by atoms with van der Waals surface area (Å²) in [7, 11) is 3.04. The van der Waals surface area contributed by atoms with Gasteiger partial charge < -0.3 is 9.30 Å². The Balaban J connectivity index is 2.43. The summed E-state index contributed by atoms with van der Waals surface area (Å²) in [4.78, 5) is 16.2. The number of nitrogens with zero attached hydrogens (tertiary/aromatic N) is 2. The van der Waals surface area contributed by atoms with Crippen LogP contribution in [0.4, 0.5) is 4.39 Å². The van der Waals surface area contributed by atoms with E-state index in [9.17, 15) is 9.18 Å². The number of benzene rings is 1. The molecule has 2 heterocycles. The van der Waals surface area contributed by atoms with E-state index in [1.807, 2.05) is 6.07 Å². The Bertz CT molecular complexity index is 825. The molecule has 0 saturated carbocycles. The summed E-state index contributed by atoms with van der Waals surface area (Å²) in [6.45, 7) is 0. The van der Waals surface area contributed by atoms with Crippen molar-refractivity contribution in [3.8, 4) is 11.1 Å². The van der Waals surface area contributed by atoms with Crippen molar-refractivity contribution in [1.82, 2.24) is 9.55 Å². The molecule has 0 atom stereocenters. The molecule has 0 amide bonds. The number of aromatic nitrogens is 2. The summed E-state index contributed by atoms with van der Waals surface area (Å²) in [5.41, 5.74) is 2.50. The van der Waals surface area contributed by atoms with Crippen LogP contribution in [0.25, 0.3) is 22.0 Å². The van der Waals surface area contributed by atoms with E-state index in [-0.39, 0.29) is 5.82 Å². The van der Waals surface area contributed by atoms with Crippen LogP contribution < -0.4 is 0 Å². The average Bonchev–Trinajstić information content (AvgIpc) is 2.80. The first-order valence-electron chi connectivity index (χ1n) is 6.40. The quantitative estimate of drug-likeness (QED) is 0.679. The molecule has 0 aliphatic rings. The molecule has 0 saturated heterocycles. The first-order valence-corrected chi connectivity index (χ1v) is 6.40. The summed E-state index contributed by atoms with van der Waals surface area (Å²) < 4.78 is 20.0. The minimum absolute atomic E-state index is 0.350. The predicted molar refractivity (Wildman–Crippen MR) is 77.4 cm³/mol. The molecule has 0 spiro atoms. The second-order valence-corrected chi connectivity index (χ2v) is 4.68. The van der Waals surface area contributed by atoms with Crippen LogP contribution in [0.15, 0.2) is 42.7 Å². The fraction of sp³-hybridized carbons (Fsp3) is 0.125. The smallest absolute Gasteiger partial charge is 0.355 e. The fourth-order valence-electron chi connectivity index (χ4n) is 2.55. The van der Waals surface area contributed by atoms with Gasteiger partial charge >= 0.3 is 5.97 Å². The molecule has 3 rings (SSSR count). The van der Waals surface area contributed by atoms with Crippen LogP contribution in [-0.2, 0) is 11.8 Å². The molecule has 3 aromatic rings. The highest BCUT2D eigenvalue weighted by molar-refractivity contribution is 6.08. The third-order valence-electron chi connectivity index (χ3n) is 3.49. The van der Waals surface area contributed by atoms with E-state index in [0.717, 1.165) is 10.9 Å². The van der Waals surface area contributed by atoms with E-state index in [4.69, 9.17) is 4.74 Å². The minimum atomic E-state index is -0.465. The van der Waals surface area contributed by atoms with Gasteiger partial charge in [-0.25, -0.2) is 9.18 Å². The summed E-state index contributed by atoms with van der Waals surface area (Å²) in [6.07, 6.45) is 3.33. The molecule has 0 bridgehead atoms. The van der Waals surface area contributed by atoms with E-state index in [1.165, 1.54) is 19.2 Å². The molecule has 0 fully saturated rings. The van der Waals surface area contributed by atoms with Crippen LogP contribution in [0.2, 0.25) is 0 Å². The van der Waals surface area contributed by atoms with Gasteiger partial charge in [-0.05, 0) is 24.3 Å². The lowest BCUT2D eigenvalue weighted by Gasteiger charge is -2.05. The lowest BCUT2D eigenvalue weighted by atomic mass is 10.0. The fourth-order valence-corrected chi connectivity index (χ4v) is 2.55. The van der Waals surface area contributed by atoms with Gasteiger partial charge in [0.2, 0.25) is 0 Å². The molecule has 21 heavy (non-hydrogen) atoms. The zero-order chi connectivity index (χ0) is 15.0. The Labute approximate surface area is 120 Å². The number of aryl methyl sites for hydroxylation is 1. The standard InChI is InChI=1S/C16H13FN2O2/c1-19-13-8-11(17)5-6-12(13)14(15(19)16(20)21-2)10-4-3-7-18-9-10/h3-9H,1-2H3. The van der Waals surface area contributed by atoms with E-state index < -0.39 is 5.97 Å². The van der Waals surface area contributed by atoms with Crippen LogP contribution >= 0.6 is 0 Å². The van der Waals surface area contributed by atoms with Crippen molar-refractivity contribution < 1.29 is 13.9 Å². The van der Waals surface area contributed by atoms with Gasteiger partial charge in [0.1, 0.15) is 11.5 Å². The van der Waals surface area contributed by atoms with Crippen molar-refractivity contribution in [3.63, 3.8) is 0 Å². The maximum atomic E-state index is 13.5. The first kappa shape index (κ1) is 13.3. The Morgan fingerprint density at radius 1 is 1.33 bits per heavy atom. The minimum Gasteiger partial charge on any atom is -0.464 e. The Morgan fingerprint density at radius 2 is 2.14 bits per heavy atom. The summed E-state index contributed by atoms with van der Waals surface area (Å²) in [5, 5.41) is 0.785. The second-order valence-electron chi connectivity index (χ2n) is 4.68. The zero-order valence-electron chi connectivity index (χ0n) is 11.6. The lowest BCUT2D eigenvalue weighted by molar-refractivity contribution is 0.0591. The van der Waals surface area contributed by atoms with Gasteiger partial charge in [-0.2, -0.15) is 0 Å². The molecular formula is C16H13FN2O2. The number of carbonyl (C=O) groups is 1. The molecule has 0 radical (unpaired) electrons. The third kappa shape index (κ3) is 2.07. The van der Waals surface area contributed by atoms with Crippen LogP contribution in [0.5, 0.6) is 0 Å². The van der Waals surface area contributed by atoms with Crippen molar-refractivity contribution in [2.45, 2.75) is 0 Å². The van der Waals surface area contributed by atoms with Gasteiger partial charge in [-0.15, -0.1) is 0 Å². The zero-order valence-corrected chi connectivity index (χ0v) is 11.6. The van der Waals surface area contributed by atoms with Crippen molar-refractivity contribution in [3.05, 3.63) is 54.2 Å². The second kappa shape index (κ2) is 5.01. The maximum Gasteiger partial charge on any atom is 0.355 e. The van der Waals surface area contributed by atoms with Gasteiger partial charge in [0.25, 0.3) is 0 Å². The van der Waals surface area contributed by atoms with Gasteiger partial charge in [0.05, 0.1) is 12.6 Å². The highest BCUT2D eigenvalue weighted by atomic mass is 19.1. The van der Waals surface area contributed by atoms with E-state index in [0.29, 0.717) is 16.8 Å². The number of rotatable bonds is 2. The number of hydrogen-bond donors (Lipinski definition) is 0. The molecule has 0 aliphatic heterocycles. The molecule has 2 aromatic heterocycles. The van der Waals surface area contributed by atoms with Gasteiger partial charge in [-0.3, -0.25) is 4.98 Å². The number of hydrogen-bond acceptors (Lipinski definition) is 3. The Kier molecular flexibility index (Phi) is 3.17. The van der Waals surface area contributed by atoms with Crippen LogP contribution in [0, 0.1) is 5.82 Å². The molecule has 0 N–H and O–H groups in total. The largest absolute Gasteiger partial charge is 0.464 e. The maximum absolute atomic E-state index is 13.5. The van der Waals surface area contributed by atoms with E-state index in [1.54, 1.807) is 36.1 Å². The van der Waals surface area contributed by atoms with Crippen molar-refractivity contribution >= 4 is 16.9 Å². The molecule has 0 aliphatic carbocycles. The molecular weight excluding hydrogens is 271 g/mol. The van der Waals surface area contributed by atoms with Gasteiger partial charge in [0, 0.05) is 36.0 Å². The number of carbonyl (C=O) groups excluding carboxylic acids is 1. The number of ether oxygens (including phenoxy) is 1. The Hall–Kier alpha value is -2.69. The number of methoxy groups -OCH3 is 1. The summed E-state index contributed by atoms with van der Waals surface area (Å²) in [5.74, 6) is -0.815. The van der Waals surface area contributed by atoms with Crippen molar-refractivity contribution in [2.75, 3.05) is 7.11 Å².